The van der Waals surface area contributed by atoms with Crippen LogP contribution in [0.2, 0.25) is 0 Å². The summed E-state index contributed by atoms with van der Waals surface area (Å²) in [5.41, 5.74) is 0.995. The largest absolute Gasteiger partial charge is 0.495 e. The van der Waals surface area contributed by atoms with Gasteiger partial charge in [-0.1, -0.05) is 25.5 Å². The van der Waals surface area contributed by atoms with Gasteiger partial charge in [-0.25, -0.2) is 9.18 Å². The lowest BCUT2D eigenvalue weighted by Crippen LogP contribution is -2.45. The van der Waals surface area contributed by atoms with Gasteiger partial charge in [0, 0.05) is 11.6 Å². The molecule has 216 valence electrons. The smallest absolute Gasteiger partial charge is 0.450 e. The Morgan fingerprint density at radius 1 is 1.15 bits per heavy atom. The van der Waals surface area contributed by atoms with Gasteiger partial charge >= 0.3 is 13.2 Å². The van der Waals surface area contributed by atoms with E-state index < -0.39 is 30.2 Å². The standard InChI is InChI=1S/C31H37BFN3O5/c1-6-7-14-39-29(38)35-26-17-22-11-13-27(26)36(22)28(37)20-10-12-24(32-40-30(2,3)31(4,5)41-32)23(15-20)19-8-9-21(18-34)25(33)16-19/h8-10,12,15-16,22,26-27H,6-7,11,13-14,17H2,1-5H3,(H,35,38)/t22-,26+,27+/m1/s1. The van der Waals surface area contributed by atoms with E-state index in [4.69, 9.17) is 14.0 Å². The highest BCUT2D eigenvalue weighted by atomic mass is 19.1. The van der Waals surface area contributed by atoms with Crippen molar-refractivity contribution in [3.63, 3.8) is 0 Å². The number of nitrogens with one attached hydrogen (secondary N) is 1. The summed E-state index contributed by atoms with van der Waals surface area (Å²) in [5, 5.41) is 12.2. The molecule has 5 rings (SSSR count). The average molecular weight is 561 g/mol. The van der Waals surface area contributed by atoms with Gasteiger partial charge in [0.15, 0.2) is 0 Å². The molecular weight excluding hydrogens is 524 g/mol. The number of hydrogen-bond acceptors (Lipinski definition) is 6. The molecule has 3 heterocycles. The van der Waals surface area contributed by atoms with Crippen LogP contribution in [-0.4, -0.2) is 60.0 Å². The van der Waals surface area contributed by atoms with E-state index in [0.717, 1.165) is 25.7 Å². The quantitative estimate of drug-likeness (QED) is 0.380. The summed E-state index contributed by atoms with van der Waals surface area (Å²) >= 11 is 0. The number of ether oxygens (including phenoxy) is 1. The van der Waals surface area contributed by atoms with Gasteiger partial charge in [-0.05, 0) is 94.2 Å². The number of carbonyl (C=O) groups excluding carboxylic acids is 2. The van der Waals surface area contributed by atoms with Crippen LogP contribution < -0.4 is 10.8 Å². The molecule has 2 aromatic carbocycles. The molecule has 10 heteroatoms. The summed E-state index contributed by atoms with van der Waals surface area (Å²) in [4.78, 5) is 28.1. The maximum Gasteiger partial charge on any atom is 0.495 e. The maximum absolute atomic E-state index is 14.7. The van der Waals surface area contributed by atoms with Gasteiger partial charge < -0.3 is 24.3 Å². The van der Waals surface area contributed by atoms with Gasteiger partial charge in [0.25, 0.3) is 5.91 Å². The van der Waals surface area contributed by atoms with Crippen molar-refractivity contribution in [1.82, 2.24) is 10.2 Å². The molecule has 3 saturated heterocycles. The first-order chi connectivity index (χ1) is 19.5. The number of halogens is 1. The number of unbranched alkanes of at least 4 members (excludes halogenated alkanes) is 1. The second-order valence-electron chi connectivity index (χ2n) is 12.2. The van der Waals surface area contributed by atoms with Crippen molar-refractivity contribution < 1.29 is 28.0 Å². The third-order valence-electron chi connectivity index (χ3n) is 9.01. The lowest BCUT2D eigenvalue weighted by molar-refractivity contribution is 0.00578. The van der Waals surface area contributed by atoms with Crippen LogP contribution in [0.3, 0.4) is 0 Å². The van der Waals surface area contributed by atoms with Gasteiger partial charge in [-0.2, -0.15) is 5.26 Å². The molecule has 3 fully saturated rings. The van der Waals surface area contributed by atoms with Crippen LogP contribution in [0.25, 0.3) is 11.1 Å². The number of nitriles is 1. The Bertz CT molecular complexity index is 1370. The molecule has 8 nitrogen and oxygen atoms in total. The summed E-state index contributed by atoms with van der Waals surface area (Å²) in [6, 6.07) is 11.3. The molecule has 0 spiro atoms. The molecule has 2 amide bonds. The molecule has 0 aromatic heterocycles. The normalized spacial score (nSPS) is 23.9. The van der Waals surface area contributed by atoms with Crippen molar-refractivity contribution >= 4 is 24.6 Å². The molecular formula is C31H37BFN3O5. The van der Waals surface area contributed by atoms with Crippen molar-refractivity contribution in [1.29, 1.82) is 5.26 Å². The lowest BCUT2D eigenvalue weighted by atomic mass is 9.73. The highest BCUT2D eigenvalue weighted by molar-refractivity contribution is 6.64. The van der Waals surface area contributed by atoms with Crippen LogP contribution in [0.15, 0.2) is 36.4 Å². The Labute approximate surface area is 241 Å². The Hall–Kier alpha value is -3.42. The molecule has 0 unspecified atom stereocenters. The maximum atomic E-state index is 14.7. The van der Waals surface area contributed by atoms with Crippen molar-refractivity contribution in [2.75, 3.05) is 6.61 Å². The predicted molar refractivity (Wildman–Crippen MR) is 153 cm³/mol. The molecule has 2 aromatic rings. The number of alkyl carbamates (subject to hydrolysis) is 1. The van der Waals surface area contributed by atoms with Crippen molar-refractivity contribution in [3.8, 4) is 17.2 Å². The number of rotatable bonds is 7. The summed E-state index contributed by atoms with van der Waals surface area (Å²) in [5.74, 6) is -0.782. The van der Waals surface area contributed by atoms with Gasteiger partial charge in [-0.15, -0.1) is 0 Å². The molecule has 3 aliphatic heterocycles. The molecule has 2 bridgehead atoms. The van der Waals surface area contributed by atoms with E-state index in [1.807, 2.05) is 45.6 Å². The number of amides is 2. The number of nitrogens with zero attached hydrogens (tertiary/aromatic N) is 2. The van der Waals surface area contributed by atoms with Crippen LogP contribution in [-0.2, 0) is 14.0 Å². The van der Waals surface area contributed by atoms with Crippen LogP contribution in [0.4, 0.5) is 9.18 Å². The number of fused-ring (bicyclic) bond motifs is 2. The van der Waals surface area contributed by atoms with E-state index in [0.29, 0.717) is 35.2 Å². The summed E-state index contributed by atoms with van der Waals surface area (Å²) in [6.45, 7) is 10.2. The van der Waals surface area contributed by atoms with E-state index >= 15 is 0 Å². The summed E-state index contributed by atoms with van der Waals surface area (Å²) in [6.07, 6.45) is 3.66. The SMILES string of the molecule is CCCCOC(=O)N[C@H]1C[C@H]2CC[C@@H]1N2C(=O)c1ccc(B2OC(C)(C)C(C)(C)O2)c(-c2ccc(C#N)c(F)c2)c1. The second kappa shape index (κ2) is 11.1. The Morgan fingerprint density at radius 3 is 2.54 bits per heavy atom. The molecule has 41 heavy (non-hydrogen) atoms. The molecule has 3 atom stereocenters. The van der Waals surface area contributed by atoms with Crippen LogP contribution >= 0.6 is 0 Å². The topological polar surface area (TPSA) is 101 Å². The van der Waals surface area contributed by atoms with Gasteiger partial charge in [0.1, 0.15) is 11.9 Å². The fraction of sp³-hybridized carbons (Fsp3) is 0.516. The van der Waals surface area contributed by atoms with Crippen molar-refractivity contribution in [2.24, 2.45) is 0 Å². The number of carbonyl (C=O) groups is 2. The minimum atomic E-state index is -0.729. The Kier molecular flexibility index (Phi) is 7.88. The molecule has 0 aliphatic carbocycles. The van der Waals surface area contributed by atoms with E-state index in [1.165, 1.54) is 12.1 Å². The zero-order chi connectivity index (χ0) is 29.5. The van der Waals surface area contributed by atoms with E-state index in [2.05, 4.69) is 5.32 Å². The first kappa shape index (κ1) is 29.1. The summed E-state index contributed by atoms with van der Waals surface area (Å²) < 4.78 is 32.6. The van der Waals surface area contributed by atoms with Gasteiger partial charge in [0.2, 0.25) is 0 Å². The van der Waals surface area contributed by atoms with Crippen LogP contribution in [0.1, 0.15) is 82.6 Å². The second-order valence-corrected chi connectivity index (χ2v) is 12.2. The van der Waals surface area contributed by atoms with Crippen LogP contribution in [0, 0.1) is 17.1 Å². The highest BCUT2D eigenvalue weighted by Crippen LogP contribution is 2.40. The Balaban J connectivity index is 1.45. The average Bonchev–Trinajstić information content (AvgIpc) is 3.56. The fourth-order valence-corrected chi connectivity index (χ4v) is 6.00. The third kappa shape index (κ3) is 5.45. The zero-order valence-corrected chi connectivity index (χ0v) is 24.3. The molecule has 3 aliphatic rings. The minimum Gasteiger partial charge on any atom is -0.450 e. The van der Waals surface area contributed by atoms with E-state index in [9.17, 15) is 19.2 Å². The first-order valence-electron chi connectivity index (χ1n) is 14.4. The lowest BCUT2D eigenvalue weighted by Gasteiger charge is -2.32. The first-order valence-corrected chi connectivity index (χ1v) is 14.4. The zero-order valence-electron chi connectivity index (χ0n) is 24.3. The number of benzene rings is 2. The summed E-state index contributed by atoms with van der Waals surface area (Å²) in [7, 11) is -0.729. The molecule has 1 N–H and O–H groups in total. The van der Waals surface area contributed by atoms with E-state index in [1.54, 1.807) is 24.3 Å². The minimum absolute atomic E-state index is 0.0204. The Morgan fingerprint density at radius 2 is 1.88 bits per heavy atom. The third-order valence-corrected chi connectivity index (χ3v) is 9.01. The predicted octanol–water partition coefficient (Wildman–Crippen LogP) is 4.94. The monoisotopic (exact) mass is 561 g/mol. The van der Waals surface area contributed by atoms with Gasteiger partial charge in [-0.3, -0.25) is 4.79 Å². The molecule has 0 radical (unpaired) electrons. The van der Waals surface area contributed by atoms with Crippen molar-refractivity contribution in [3.05, 3.63) is 53.3 Å². The fourth-order valence-electron chi connectivity index (χ4n) is 6.00. The number of hydrogen-bond donors (Lipinski definition) is 1. The van der Waals surface area contributed by atoms with E-state index in [-0.39, 0.29) is 29.6 Å². The van der Waals surface area contributed by atoms with Gasteiger partial charge in [0.05, 0.1) is 35.5 Å². The molecule has 0 saturated carbocycles. The van der Waals surface area contributed by atoms with Crippen LogP contribution in [0.5, 0.6) is 0 Å². The van der Waals surface area contributed by atoms with Crippen molar-refractivity contribution in [2.45, 2.75) is 96.1 Å². The highest BCUT2D eigenvalue weighted by Gasteiger charge is 2.53.